The molecule has 1 aliphatic carbocycles. The van der Waals surface area contributed by atoms with E-state index in [4.69, 9.17) is 44.5 Å². The van der Waals surface area contributed by atoms with E-state index in [0.717, 1.165) is 0 Å². The third kappa shape index (κ3) is 5.71. The van der Waals surface area contributed by atoms with Gasteiger partial charge in [0.15, 0.2) is 5.79 Å². The molecular formula is C14H23NO9. The summed E-state index contributed by atoms with van der Waals surface area (Å²) >= 11 is 0. The van der Waals surface area contributed by atoms with E-state index in [0.29, 0.717) is 13.0 Å². The number of carbonyl (C=O) groups excluding carboxylic acids is 1. The molecule has 0 radical (unpaired) electrons. The summed E-state index contributed by atoms with van der Waals surface area (Å²) in [6, 6.07) is -0.121. The molecule has 2 rings (SSSR count). The summed E-state index contributed by atoms with van der Waals surface area (Å²) in [4.78, 5) is 29.4. The van der Waals surface area contributed by atoms with Crippen LogP contribution in [0.25, 0.3) is 0 Å². The highest BCUT2D eigenvalue weighted by atomic mass is 16.8. The van der Waals surface area contributed by atoms with Crippen LogP contribution >= 0.6 is 0 Å². The number of hydrogen-bond donors (Lipinski definition) is 3. The van der Waals surface area contributed by atoms with Gasteiger partial charge in [0.2, 0.25) is 0 Å². The van der Waals surface area contributed by atoms with Crippen LogP contribution in [0.5, 0.6) is 0 Å². The molecule has 0 amide bonds. The minimum absolute atomic E-state index is 0.0712. The van der Waals surface area contributed by atoms with E-state index in [-0.39, 0.29) is 36.9 Å². The van der Waals surface area contributed by atoms with Crippen molar-refractivity contribution in [3.05, 3.63) is 0 Å². The highest BCUT2D eigenvalue weighted by molar-refractivity contribution is 6.27. The zero-order valence-corrected chi connectivity index (χ0v) is 13.8. The zero-order chi connectivity index (χ0) is 18.5. The zero-order valence-electron chi connectivity index (χ0n) is 13.8. The maximum atomic E-state index is 11.3. The first-order chi connectivity index (χ1) is 11.1. The monoisotopic (exact) mass is 349 g/mol. The van der Waals surface area contributed by atoms with Crippen LogP contribution in [-0.4, -0.2) is 71.5 Å². The summed E-state index contributed by atoms with van der Waals surface area (Å²) in [5, 5.41) is 14.8. The molecule has 1 saturated heterocycles. The van der Waals surface area contributed by atoms with Crippen LogP contribution < -0.4 is 5.73 Å². The predicted molar refractivity (Wildman–Crippen MR) is 78.1 cm³/mol. The van der Waals surface area contributed by atoms with Gasteiger partial charge in [-0.05, 0) is 27.2 Å². The van der Waals surface area contributed by atoms with Crippen molar-refractivity contribution >= 4 is 17.9 Å². The van der Waals surface area contributed by atoms with E-state index in [9.17, 15) is 4.79 Å². The lowest BCUT2D eigenvalue weighted by Crippen LogP contribution is -2.35. The van der Waals surface area contributed by atoms with Crippen LogP contribution in [0.1, 0.15) is 27.2 Å². The van der Waals surface area contributed by atoms with Gasteiger partial charge in [-0.1, -0.05) is 0 Å². The van der Waals surface area contributed by atoms with Crippen LogP contribution in [0, 0.1) is 0 Å². The molecule has 0 unspecified atom stereocenters. The first kappa shape index (κ1) is 20.3. The molecule has 1 saturated carbocycles. The normalized spacial score (nSPS) is 30.0. The van der Waals surface area contributed by atoms with Crippen molar-refractivity contribution in [2.24, 2.45) is 5.73 Å². The average Bonchev–Trinajstić information content (AvgIpc) is 2.92. The largest absolute Gasteiger partial charge is 0.473 e. The number of nitrogens with two attached hydrogens (primary N) is 1. The Morgan fingerprint density at radius 1 is 1.17 bits per heavy atom. The molecule has 4 N–H and O–H groups in total. The van der Waals surface area contributed by atoms with Crippen LogP contribution in [0.4, 0.5) is 0 Å². The fourth-order valence-electron chi connectivity index (χ4n) is 2.51. The Labute approximate surface area is 138 Å². The number of rotatable bonds is 4. The van der Waals surface area contributed by atoms with Gasteiger partial charge in [-0.2, -0.15) is 0 Å². The van der Waals surface area contributed by atoms with Gasteiger partial charge in [0, 0.05) is 6.04 Å². The fraction of sp³-hybridized carbons (Fsp3) is 0.786. The smallest absolute Gasteiger partial charge is 0.414 e. The number of carboxylic acids is 2. The molecule has 0 aromatic rings. The summed E-state index contributed by atoms with van der Waals surface area (Å²) in [6.07, 6.45) is 0.0537. The highest BCUT2D eigenvalue weighted by Gasteiger charge is 2.53. The van der Waals surface area contributed by atoms with Gasteiger partial charge in [0.05, 0.1) is 12.7 Å². The summed E-state index contributed by atoms with van der Waals surface area (Å²) < 4.78 is 21.8. The molecular weight excluding hydrogens is 326 g/mol. The van der Waals surface area contributed by atoms with E-state index in [2.05, 4.69) is 0 Å². The molecule has 1 aliphatic heterocycles. The van der Waals surface area contributed by atoms with Crippen molar-refractivity contribution in [1.82, 2.24) is 0 Å². The van der Waals surface area contributed by atoms with Gasteiger partial charge in [-0.3, -0.25) is 0 Å². The molecule has 0 aromatic heterocycles. The Balaban J connectivity index is 0.000000413. The highest BCUT2D eigenvalue weighted by Crippen LogP contribution is 2.38. The van der Waals surface area contributed by atoms with Crippen LogP contribution in [0.2, 0.25) is 0 Å². The third-order valence-corrected chi connectivity index (χ3v) is 3.36. The Bertz CT molecular complexity index is 467. The number of carboxylic acid groups (broad SMARTS) is 2. The van der Waals surface area contributed by atoms with Crippen LogP contribution in [0.15, 0.2) is 0 Å². The first-order valence-electron chi connectivity index (χ1n) is 7.42. The number of hydrogen-bond acceptors (Lipinski definition) is 8. The van der Waals surface area contributed by atoms with Crippen molar-refractivity contribution in [1.29, 1.82) is 0 Å². The van der Waals surface area contributed by atoms with Gasteiger partial charge in [0.1, 0.15) is 18.8 Å². The Kier molecular flexibility index (Phi) is 7.08. The summed E-state index contributed by atoms with van der Waals surface area (Å²) in [7, 11) is 0. The second-order valence-corrected chi connectivity index (χ2v) is 5.73. The Morgan fingerprint density at radius 3 is 2.21 bits per heavy atom. The van der Waals surface area contributed by atoms with E-state index < -0.39 is 17.7 Å². The van der Waals surface area contributed by atoms with E-state index >= 15 is 0 Å². The predicted octanol–water partition coefficient (Wildman–Crippen LogP) is -0.659. The van der Waals surface area contributed by atoms with Gasteiger partial charge in [-0.15, -0.1) is 0 Å². The average molecular weight is 349 g/mol. The molecule has 0 spiro atoms. The van der Waals surface area contributed by atoms with E-state index in [1.165, 1.54) is 0 Å². The number of aliphatic carboxylic acids is 2. The van der Waals surface area contributed by atoms with Gasteiger partial charge in [0.25, 0.3) is 0 Å². The lowest BCUT2D eigenvalue weighted by atomic mass is 10.2. The quantitative estimate of drug-likeness (QED) is 0.440. The van der Waals surface area contributed by atoms with Crippen LogP contribution in [-0.2, 0) is 33.3 Å². The van der Waals surface area contributed by atoms with Crippen molar-refractivity contribution in [3.63, 3.8) is 0 Å². The molecule has 1 heterocycles. The van der Waals surface area contributed by atoms with Crippen LogP contribution in [0.3, 0.4) is 0 Å². The number of esters is 1. The molecule has 138 valence electrons. The summed E-state index contributed by atoms with van der Waals surface area (Å²) in [5.74, 6) is -4.66. The summed E-state index contributed by atoms with van der Waals surface area (Å²) in [5.41, 5.74) is 6.00. The lowest BCUT2D eigenvalue weighted by Gasteiger charge is -2.22. The van der Waals surface area contributed by atoms with Crippen molar-refractivity contribution in [3.8, 4) is 0 Å². The van der Waals surface area contributed by atoms with Gasteiger partial charge in [-0.25, -0.2) is 14.4 Å². The molecule has 2 aliphatic rings. The number of fused-ring (bicyclic) bond motifs is 1. The molecule has 0 aromatic carbocycles. The third-order valence-electron chi connectivity index (χ3n) is 3.36. The topological polar surface area (TPSA) is 155 Å². The molecule has 4 atom stereocenters. The van der Waals surface area contributed by atoms with Crippen molar-refractivity contribution < 1.29 is 43.5 Å². The maximum Gasteiger partial charge on any atom is 0.414 e. The van der Waals surface area contributed by atoms with Crippen molar-refractivity contribution in [2.45, 2.75) is 57.3 Å². The second kappa shape index (κ2) is 8.38. The minimum atomic E-state index is -1.82. The Morgan fingerprint density at radius 2 is 1.71 bits per heavy atom. The lowest BCUT2D eigenvalue weighted by molar-refractivity contribution is -0.172. The standard InChI is InChI=1S/C12H21NO5.C2H2O4/c1-4-15-9(14)6-16-8-5-7(13)10-11(8)18-12(2,3)17-10;3-1(4)2(5)6/h7-8,10-11H,4-6,13H2,1-3H3;(H,3,4)(H,5,6)/t7-,8+,10+,11-;/m1./s1. The maximum absolute atomic E-state index is 11.3. The molecule has 10 nitrogen and oxygen atoms in total. The minimum Gasteiger partial charge on any atom is -0.473 e. The fourth-order valence-corrected chi connectivity index (χ4v) is 2.51. The molecule has 0 bridgehead atoms. The molecule has 10 heteroatoms. The Hall–Kier alpha value is -1.75. The second-order valence-electron chi connectivity index (χ2n) is 5.73. The summed E-state index contributed by atoms with van der Waals surface area (Å²) in [6.45, 7) is 5.74. The van der Waals surface area contributed by atoms with Gasteiger partial charge >= 0.3 is 17.9 Å². The van der Waals surface area contributed by atoms with Gasteiger partial charge < -0.3 is 34.9 Å². The van der Waals surface area contributed by atoms with Crippen molar-refractivity contribution in [2.75, 3.05) is 13.2 Å². The van der Waals surface area contributed by atoms with E-state index in [1.807, 2.05) is 13.8 Å². The number of ether oxygens (including phenoxy) is 4. The first-order valence-corrected chi connectivity index (χ1v) is 7.42. The molecule has 2 fully saturated rings. The SMILES string of the molecule is CCOC(=O)CO[C@H]1C[C@@H](N)[C@@H]2OC(C)(C)O[C@@H]21.O=C(O)C(=O)O. The van der Waals surface area contributed by atoms with E-state index in [1.54, 1.807) is 6.92 Å². The number of carbonyl (C=O) groups is 3. The molecule has 24 heavy (non-hydrogen) atoms.